The molecule has 144 valence electrons. The van der Waals surface area contributed by atoms with E-state index in [4.69, 9.17) is 9.15 Å². The van der Waals surface area contributed by atoms with Crippen LogP contribution < -0.4 is 9.64 Å². The van der Waals surface area contributed by atoms with E-state index in [-0.39, 0.29) is 23.8 Å². The molecule has 2 amide bonds. The summed E-state index contributed by atoms with van der Waals surface area (Å²) in [5.41, 5.74) is 1.14. The lowest BCUT2D eigenvalue weighted by molar-refractivity contribution is -0.135. The Morgan fingerprint density at radius 3 is 2.61 bits per heavy atom. The molecule has 0 spiro atoms. The summed E-state index contributed by atoms with van der Waals surface area (Å²) in [6.45, 7) is 1.75. The van der Waals surface area contributed by atoms with Crippen LogP contribution in [0.2, 0.25) is 0 Å². The molecule has 7 heteroatoms. The van der Waals surface area contributed by atoms with Crippen LogP contribution in [0.5, 0.6) is 5.75 Å². The first-order valence-corrected chi connectivity index (χ1v) is 8.85. The summed E-state index contributed by atoms with van der Waals surface area (Å²) in [5, 5.41) is 0.547. The lowest BCUT2D eigenvalue weighted by Crippen LogP contribution is -2.50. The fraction of sp³-hybridized carbons (Fsp3) is 0.238. The second-order valence-corrected chi connectivity index (χ2v) is 6.90. The Balaban J connectivity index is 1.79. The van der Waals surface area contributed by atoms with Gasteiger partial charge in [0.25, 0.3) is 11.8 Å². The summed E-state index contributed by atoms with van der Waals surface area (Å²) in [6.07, 6.45) is -0.838. The Hall–Kier alpha value is -3.35. The number of carbonyl (C=O) groups is 2. The van der Waals surface area contributed by atoms with Gasteiger partial charge in [-0.3, -0.25) is 14.5 Å². The number of halogens is 1. The molecule has 0 bridgehead atoms. The molecule has 1 aliphatic heterocycles. The first-order valence-electron chi connectivity index (χ1n) is 8.85. The summed E-state index contributed by atoms with van der Waals surface area (Å²) in [4.78, 5) is 28.7. The zero-order valence-corrected chi connectivity index (χ0v) is 15.7. The fourth-order valence-corrected chi connectivity index (χ4v) is 3.38. The van der Waals surface area contributed by atoms with Gasteiger partial charge in [0.15, 0.2) is 23.3 Å². The number of ether oxygens (including phenoxy) is 1. The van der Waals surface area contributed by atoms with E-state index >= 15 is 0 Å². The number of rotatable bonds is 2. The number of aryl methyl sites for hydroxylation is 1. The maximum Gasteiger partial charge on any atom is 0.294 e. The predicted molar refractivity (Wildman–Crippen MR) is 102 cm³/mol. The molecule has 4 rings (SSSR count). The minimum atomic E-state index is -0.838. The monoisotopic (exact) mass is 382 g/mol. The molecule has 0 radical (unpaired) electrons. The van der Waals surface area contributed by atoms with Gasteiger partial charge in [-0.2, -0.15) is 0 Å². The Bertz CT molecular complexity index is 1090. The topological polar surface area (TPSA) is 63.0 Å². The molecule has 1 atom stereocenters. The second kappa shape index (κ2) is 6.67. The molecule has 2 aromatic carbocycles. The molecular weight excluding hydrogens is 363 g/mol. The van der Waals surface area contributed by atoms with Gasteiger partial charge in [-0.1, -0.05) is 24.3 Å². The van der Waals surface area contributed by atoms with E-state index in [0.29, 0.717) is 22.4 Å². The number of fused-ring (bicyclic) bond motifs is 2. The number of anilines is 1. The van der Waals surface area contributed by atoms with E-state index in [0.717, 1.165) is 0 Å². The van der Waals surface area contributed by atoms with Gasteiger partial charge in [-0.15, -0.1) is 0 Å². The number of benzene rings is 2. The zero-order valence-electron chi connectivity index (χ0n) is 15.7. The van der Waals surface area contributed by atoms with Crippen molar-refractivity contribution in [3.63, 3.8) is 0 Å². The minimum absolute atomic E-state index is 0.0336. The van der Waals surface area contributed by atoms with Crippen LogP contribution in [-0.4, -0.2) is 43.5 Å². The SMILES string of the molecule is Cc1c(C(=O)N2C[C@@H](C(=O)N(C)C)Oc3ccccc32)oc2c(F)cccc12. The number of hydrogen-bond donors (Lipinski definition) is 0. The maximum atomic E-state index is 14.1. The third kappa shape index (κ3) is 2.79. The third-order valence-electron chi connectivity index (χ3n) is 4.84. The largest absolute Gasteiger partial charge is 0.476 e. The van der Waals surface area contributed by atoms with Gasteiger partial charge in [0.2, 0.25) is 0 Å². The van der Waals surface area contributed by atoms with Crippen LogP contribution in [0.3, 0.4) is 0 Å². The molecule has 0 N–H and O–H groups in total. The van der Waals surface area contributed by atoms with Crippen molar-refractivity contribution < 1.29 is 23.1 Å². The van der Waals surface area contributed by atoms with E-state index in [1.54, 1.807) is 57.4 Å². The zero-order chi connectivity index (χ0) is 20.0. The van der Waals surface area contributed by atoms with E-state index in [2.05, 4.69) is 0 Å². The summed E-state index contributed by atoms with van der Waals surface area (Å²) in [5.74, 6) is -0.738. The Morgan fingerprint density at radius 1 is 1.14 bits per heavy atom. The van der Waals surface area contributed by atoms with Crippen LogP contribution in [-0.2, 0) is 4.79 Å². The van der Waals surface area contributed by atoms with E-state index < -0.39 is 17.8 Å². The van der Waals surface area contributed by atoms with Crippen molar-refractivity contribution in [1.82, 2.24) is 4.90 Å². The van der Waals surface area contributed by atoms with Gasteiger partial charge in [0.1, 0.15) is 5.75 Å². The Morgan fingerprint density at radius 2 is 1.89 bits per heavy atom. The summed E-state index contributed by atoms with van der Waals surface area (Å²) in [7, 11) is 3.26. The van der Waals surface area contributed by atoms with Crippen LogP contribution in [0.4, 0.5) is 10.1 Å². The van der Waals surface area contributed by atoms with Crippen LogP contribution in [0.1, 0.15) is 16.1 Å². The van der Waals surface area contributed by atoms with Gasteiger partial charge in [0, 0.05) is 25.0 Å². The smallest absolute Gasteiger partial charge is 0.294 e. The van der Waals surface area contributed by atoms with Crippen molar-refractivity contribution in [3.8, 4) is 5.75 Å². The molecule has 1 aromatic heterocycles. The van der Waals surface area contributed by atoms with Gasteiger partial charge in [-0.25, -0.2) is 4.39 Å². The van der Waals surface area contributed by atoms with Crippen LogP contribution in [0.25, 0.3) is 11.0 Å². The standard InChI is InChI=1S/C21H19FN2O4/c1-12-13-7-6-8-14(22)19(13)28-18(12)21(26)24-11-17(20(25)23(2)3)27-16-10-5-4-9-15(16)24/h4-10,17H,11H2,1-3H3/t17-/m0/s1. The number of amides is 2. The maximum absolute atomic E-state index is 14.1. The molecule has 0 unspecified atom stereocenters. The van der Waals surface area contributed by atoms with E-state index in [1.807, 2.05) is 0 Å². The van der Waals surface area contributed by atoms with Crippen LogP contribution >= 0.6 is 0 Å². The van der Waals surface area contributed by atoms with Gasteiger partial charge in [-0.05, 0) is 25.1 Å². The van der Waals surface area contributed by atoms with Gasteiger partial charge < -0.3 is 14.1 Å². The fourth-order valence-electron chi connectivity index (χ4n) is 3.38. The van der Waals surface area contributed by atoms with Crippen LogP contribution in [0.15, 0.2) is 46.9 Å². The second-order valence-electron chi connectivity index (χ2n) is 6.90. The molecule has 3 aromatic rings. The van der Waals surface area contributed by atoms with Crippen molar-refractivity contribution in [1.29, 1.82) is 0 Å². The highest BCUT2D eigenvalue weighted by molar-refractivity contribution is 6.09. The molecule has 0 aliphatic carbocycles. The summed E-state index contributed by atoms with van der Waals surface area (Å²) >= 11 is 0. The van der Waals surface area contributed by atoms with E-state index in [1.165, 1.54) is 15.9 Å². The summed E-state index contributed by atoms with van der Waals surface area (Å²) < 4.78 is 25.5. The van der Waals surface area contributed by atoms with Crippen molar-refractivity contribution in [2.24, 2.45) is 0 Å². The first-order chi connectivity index (χ1) is 13.4. The van der Waals surface area contributed by atoms with Crippen molar-refractivity contribution in [2.75, 3.05) is 25.5 Å². The molecule has 28 heavy (non-hydrogen) atoms. The van der Waals surface area contributed by atoms with Crippen molar-refractivity contribution in [3.05, 3.63) is 59.6 Å². The first kappa shape index (κ1) is 18.0. The van der Waals surface area contributed by atoms with Crippen molar-refractivity contribution >= 4 is 28.5 Å². The minimum Gasteiger partial charge on any atom is -0.476 e. The Kier molecular flexibility index (Phi) is 4.30. The lowest BCUT2D eigenvalue weighted by atomic mass is 10.1. The normalized spacial score (nSPS) is 15.9. The molecule has 6 nitrogen and oxygen atoms in total. The Labute approximate surface area is 161 Å². The highest BCUT2D eigenvalue weighted by Crippen LogP contribution is 2.36. The molecule has 1 aliphatic rings. The average Bonchev–Trinajstić information content (AvgIpc) is 3.04. The number of carbonyl (C=O) groups excluding carboxylic acids is 2. The summed E-state index contributed by atoms with van der Waals surface area (Å²) in [6, 6.07) is 11.6. The molecule has 0 fully saturated rings. The number of nitrogens with zero attached hydrogens (tertiary/aromatic N) is 2. The average molecular weight is 382 g/mol. The van der Waals surface area contributed by atoms with Crippen LogP contribution in [0, 0.1) is 12.7 Å². The number of hydrogen-bond acceptors (Lipinski definition) is 4. The number of furan rings is 1. The number of likely N-dealkylation sites (N-methyl/N-ethyl adjacent to an activating group) is 1. The lowest BCUT2D eigenvalue weighted by Gasteiger charge is -2.34. The predicted octanol–water partition coefficient (Wildman–Crippen LogP) is 3.38. The molecule has 2 heterocycles. The highest BCUT2D eigenvalue weighted by atomic mass is 19.1. The van der Waals surface area contributed by atoms with E-state index in [9.17, 15) is 14.0 Å². The molecular formula is C21H19FN2O4. The third-order valence-corrected chi connectivity index (χ3v) is 4.84. The molecule has 0 saturated carbocycles. The quantitative estimate of drug-likeness (QED) is 0.682. The van der Waals surface area contributed by atoms with Gasteiger partial charge >= 0.3 is 0 Å². The molecule has 0 saturated heterocycles. The highest BCUT2D eigenvalue weighted by Gasteiger charge is 2.36. The van der Waals surface area contributed by atoms with Gasteiger partial charge in [0.05, 0.1) is 12.2 Å². The number of para-hydroxylation sites is 3. The van der Waals surface area contributed by atoms with Crippen molar-refractivity contribution in [2.45, 2.75) is 13.0 Å².